The molecule has 0 saturated heterocycles. The molecule has 0 rings (SSSR count). The lowest BCUT2D eigenvalue weighted by atomic mass is 10.0. The van der Waals surface area contributed by atoms with E-state index in [9.17, 15) is 19.4 Å². The van der Waals surface area contributed by atoms with Crippen molar-refractivity contribution in [1.82, 2.24) is 5.32 Å². The second kappa shape index (κ2) is 66.9. The molecule has 0 heterocycles. The number of phosphoric ester groups is 1. The Morgan fingerprint density at radius 1 is 0.400 bits per heavy atom. The molecule has 0 aromatic rings. The van der Waals surface area contributed by atoms with Crippen LogP contribution in [0.25, 0.3) is 0 Å². The van der Waals surface area contributed by atoms with Crippen molar-refractivity contribution in [2.24, 2.45) is 0 Å². The quantitative estimate of drug-likeness (QED) is 0.0272. The molecule has 3 unspecified atom stereocenters. The predicted octanol–water partition coefficient (Wildman–Crippen LogP) is 23.5. The van der Waals surface area contributed by atoms with Crippen LogP contribution in [0.5, 0.6) is 0 Å². The normalized spacial score (nSPS) is 13.8. The molecule has 1 amide bonds. The summed E-state index contributed by atoms with van der Waals surface area (Å²) in [6.07, 6.45) is 91.3. The fraction of sp³-hybridized carbons (Fsp3) is 0.882. The average Bonchev–Trinajstić information content (AvgIpc) is 3.49. The van der Waals surface area contributed by atoms with Crippen molar-refractivity contribution in [3.05, 3.63) is 48.6 Å². The highest BCUT2D eigenvalue weighted by molar-refractivity contribution is 7.45. The van der Waals surface area contributed by atoms with Gasteiger partial charge >= 0.3 is 0 Å². The number of likely N-dealkylation sites (N-methyl/N-ethyl adjacent to an activating group) is 1. The van der Waals surface area contributed by atoms with Crippen molar-refractivity contribution in [3.8, 4) is 0 Å². The van der Waals surface area contributed by atoms with E-state index in [2.05, 4.69) is 55.6 Å². The molecule has 85 heavy (non-hydrogen) atoms. The molecule has 8 nitrogen and oxygen atoms in total. The van der Waals surface area contributed by atoms with E-state index in [0.717, 1.165) is 44.9 Å². The number of unbranched alkanes of at least 4 members (excludes halogenated alkanes) is 51. The summed E-state index contributed by atoms with van der Waals surface area (Å²) in [6.45, 7) is 4.68. The van der Waals surface area contributed by atoms with Crippen LogP contribution < -0.4 is 10.2 Å². The van der Waals surface area contributed by atoms with Crippen LogP contribution in [-0.4, -0.2) is 68.5 Å². The Morgan fingerprint density at radius 3 is 0.953 bits per heavy atom. The van der Waals surface area contributed by atoms with E-state index < -0.39 is 26.6 Å². The summed E-state index contributed by atoms with van der Waals surface area (Å²) in [5, 5.41) is 13.9. The van der Waals surface area contributed by atoms with Crippen LogP contribution in [0.1, 0.15) is 380 Å². The summed E-state index contributed by atoms with van der Waals surface area (Å²) in [5.41, 5.74) is 0. The van der Waals surface area contributed by atoms with Gasteiger partial charge in [-0.15, -0.1) is 0 Å². The fourth-order valence-electron chi connectivity index (χ4n) is 11.4. The van der Waals surface area contributed by atoms with E-state index in [1.165, 1.54) is 315 Å². The van der Waals surface area contributed by atoms with Gasteiger partial charge in [-0.05, 0) is 70.6 Å². The van der Waals surface area contributed by atoms with Gasteiger partial charge in [0, 0.05) is 6.42 Å². The molecule has 0 spiro atoms. The third-order valence-electron chi connectivity index (χ3n) is 17.2. The number of hydrogen-bond acceptors (Lipinski definition) is 6. The van der Waals surface area contributed by atoms with Gasteiger partial charge in [-0.1, -0.05) is 351 Å². The van der Waals surface area contributed by atoms with E-state index >= 15 is 0 Å². The summed E-state index contributed by atoms with van der Waals surface area (Å²) in [5.74, 6) is -0.205. The minimum absolute atomic E-state index is 0.00828. The molecule has 0 fully saturated rings. The third kappa shape index (κ3) is 69.8. The van der Waals surface area contributed by atoms with Crippen LogP contribution in [0, 0.1) is 0 Å². The lowest BCUT2D eigenvalue weighted by molar-refractivity contribution is -0.870. The van der Waals surface area contributed by atoms with E-state index in [1.54, 1.807) is 6.08 Å². The summed E-state index contributed by atoms with van der Waals surface area (Å²) in [6, 6.07) is -0.911. The van der Waals surface area contributed by atoms with Crippen molar-refractivity contribution in [2.75, 3.05) is 40.9 Å². The first-order valence-electron chi connectivity index (χ1n) is 37.5. The number of carbonyl (C=O) groups is 1. The maximum atomic E-state index is 13.0. The molecular weight excluding hydrogens is 1070 g/mol. The zero-order chi connectivity index (χ0) is 61.9. The van der Waals surface area contributed by atoms with Crippen molar-refractivity contribution in [2.45, 2.75) is 392 Å². The van der Waals surface area contributed by atoms with Gasteiger partial charge in [-0.2, -0.15) is 0 Å². The Hall–Kier alpha value is -1.54. The van der Waals surface area contributed by atoms with Gasteiger partial charge in [0.05, 0.1) is 39.9 Å². The Balaban J connectivity index is 3.99. The van der Waals surface area contributed by atoms with Gasteiger partial charge in [0.2, 0.25) is 5.91 Å². The zero-order valence-corrected chi connectivity index (χ0v) is 58.5. The van der Waals surface area contributed by atoms with Gasteiger partial charge in [-0.3, -0.25) is 9.36 Å². The largest absolute Gasteiger partial charge is 0.756 e. The summed E-state index contributed by atoms with van der Waals surface area (Å²) >= 11 is 0. The molecule has 0 saturated carbocycles. The molecule has 0 aliphatic heterocycles. The van der Waals surface area contributed by atoms with Crippen molar-refractivity contribution in [1.29, 1.82) is 0 Å². The van der Waals surface area contributed by atoms with Gasteiger partial charge in [0.15, 0.2) is 0 Å². The highest BCUT2D eigenvalue weighted by Gasteiger charge is 2.23. The van der Waals surface area contributed by atoms with Gasteiger partial charge in [0.25, 0.3) is 7.82 Å². The molecule has 0 bridgehead atoms. The second-order valence-electron chi connectivity index (χ2n) is 27.0. The van der Waals surface area contributed by atoms with Crippen LogP contribution >= 0.6 is 7.82 Å². The molecule has 3 atom stereocenters. The number of amides is 1. The number of hydrogen-bond donors (Lipinski definition) is 2. The van der Waals surface area contributed by atoms with E-state index in [1.807, 2.05) is 27.2 Å². The van der Waals surface area contributed by atoms with Crippen LogP contribution in [0.4, 0.5) is 0 Å². The standard InChI is InChI=1S/C76H147N2O6P/c1-6-8-10-12-14-16-18-20-22-24-26-28-30-32-33-34-35-36-37-38-39-40-41-42-43-44-45-46-48-50-52-54-56-58-60-62-64-66-68-70-76(80)77-74(73-84-85(81,82)83-72-71-78(3,4)5)75(79)69-67-65-63-61-59-57-55-53-51-49-47-31-29-27-25-23-21-19-17-15-13-11-9-7-2/h38-39,51,53,59,61,67,69,74-75,79H,6-37,40-50,52,54-58,60,62-66,68,70-73H2,1-5H3,(H-,77,80,81,82)/b39-38-,53-51+,61-59+,69-67+. The Bertz CT molecular complexity index is 1530. The number of aliphatic hydroxyl groups is 1. The maximum absolute atomic E-state index is 13.0. The number of phosphoric acid groups is 1. The molecule has 0 aromatic heterocycles. The number of carbonyl (C=O) groups excluding carboxylic acids is 1. The maximum Gasteiger partial charge on any atom is 0.268 e. The zero-order valence-electron chi connectivity index (χ0n) is 57.6. The molecular formula is C76H147N2O6P. The number of nitrogens with one attached hydrogen (secondary N) is 1. The van der Waals surface area contributed by atoms with Crippen LogP contribution in [-0.2, 0) is 18.4 Å². The van der Waals surface area contributed by atoms with E-state index in [0.29, 0.717) is 17.4 Å². The summed E-state index contributed by atoms with van der Waals surface area (Å²) in [7, 11) is 1.25. The minimum Gasteiger partial charge on any atom is -0.756 e. The number of aliphatic hydroxyl groups excluding tert-OH is 1. The molecule has 2 N–H and O–H groups in total. The Kier molecular flexibility index (Phi) is 65.7. The van der Waals surface area contributed by atoms with Crippen LogP contribution in [0.2, 0.25) is 0 Å². The SMILES string of the molecule is CCCCCCCCCCCCCCCC/C=C/CC/C=C/CC/C=C/C(O)C(COP(=O)([O-])OCC[N+](C)(C)C)NC(=O)CCCCCCCCCCCCCCCCCCC/C=C\CCCCCCCCCCCCCCCCCCCC. The highest BCUT2D eigenvalue weighted by Crippen LogP contribution is 2.38. The van der Waals surface area contributed by atoms with Gasteiger partial charge in [-0.25, -0.2) is 0 Å². The van der Waals surface area contributed by atoms with Gasteiger partial charge in [0.1, 0.15) is 13.2 Å². The molecule has 0 aliphatic rings. The number of quaternary nitrogens is 1. The number of nitrogens with zero attached hydrogens (tertiary/aromatic N) is 1. The topological polar surface area (TPSA) is 108 Å². The first-order valence-corrected chi connectivity index (χ1v) is 39.0. The molecule has 0 radical (unpaired) electrons. The van der Waals surface area contributed by atoms with Crippen LogP contribution in [0.15, 0.2) is 48.6 Å². The third-order valence-corrected chi connectivity index (χ3v) is 18.2. The van der Waals surface area contributed by atoms with Crippen molar-refractivity contribution in [3.63, 3.8) is 0 Å². The van der Waals surface area contributed by atoms with Crippen molar-refractivity contribution >= 4 is 13.7 Å². The monoisotopic (exact) mass is 1220 g/mol. The smallest absolute Gasteiger partial charge is 0.268 e. The highest BCUT2D eigenvalue weighted by atomic mass is 31.2. The average molecular weight is 1220 g/mol. The summed E-state index contributed by atoms with van der Waals surface area (Å²) < 4.78 is 23.4. The molecule has 0 aromatic carbocycles. The fourth-order valence-corrected chi connectivity index (χ4v) is 12.1. The lowest BCUT2D eigenvalue weighted by Gasteiger charge is -2.29. The van der Waals surface area contributed by atoms with E-state index in [4.69, 9.17) is 9.05 Å². The minimum atomic E-state index is -4.62. The number of rotatable bonds is 70. The van der Waals surface area contributed by atoms with E-state index in [-0.39, 0.29) is 12.5 Å². The Labute approximate surface area is 530 Å². The van der Waals surface area contributed by atoms with Crippen molar-refractivity contribution < 1.29 is 32.9 Å². The second-order valence-corrected chi connectivity index (χ2v) is 28.4. The number of allylic oxidation sites excluding steroid dienone is 7. The molecule has 9 heteroatoms. The first-order chi connectivity index (χ1) is 41.5. The predicted molar refractivity (Wildman–Crippen MR) is 371 cm³/mol. The lowest BCUT2D eigenvalue weighted by Crippen LogP contribution is -2.45. The van der Waals surface area contributed by atoms with Gasteiger partial charge < -0.3 is 28.8 Å². The first kappa shape index (κ1) is 83.5. The molecule has 0 aliphatic carbocycles. The molecule has 502 valence electrons. The summed E-state index contributed by atoms with van der Waals surface area (Å²) in [4.78, 5) is 25.6. The van der Waals surface area contributed by atoms with Crippen LogP contribution in [0.3, 0.4) is 0 Å². The Morgan fingerprint density at radius 2 is 0.659 bits per heavy atom.